The molecule has 6 heteroatoms. The predicted octanol–water partition coefficient (Wildman–Crippen LogP) is -0.889. The van der Waals surface area contributed by atoms with Crippen LogP contribution in [0.15, 0.2) is 6.07 Å². The first-order chi connectivity index (χ1) is 7.54. The number of hydrogen-bond donors (Lipinski definition) is 3. The van der Waals surface area contributed by atoms with E-state index < -0.39 is 24.5 Å². The van der Waals surface area contributed by atoms with Gasteiger partial charge in [-0.25, -0.2) is 4.68 Å². The summed E-state index contributed by atoms with van der Waals surface area (Å²) in [6.07, 6.45) is -3.65. The highest BCUT2D eigenvalue weighted by molar-refractivity contribution is 5.08. The van der Waals surface area contributed by atoms with Gasteiger partial charge in [0.2, 0.25) is 0 Å². The van der Waals surface area contributed by atoms with Crippen LogP contribution in [0.5, 0.6) is 0 Å². The van der Waals surface area contributed by atoms with E-state index in [-0.39, 0.29) is 6.61 Å². The van der Waals surface area contributed by atoms with E-state index in [2.05, 4.69) is 5.10 Å². The number of ether oxygens (including phenoxy) is 1. The molecule has 1 aliphatic rings. The van der Waals surface area contributed by atoms with E-state index in [1.807, 2.05) is 19.9 Å². The minimum absolute atomic E-state index is 0.325. The van der Waals surface area contributed by atoms with Gasteiger partial charge < -0.3 is 20.1 Å². The van der Waals surface area contributed by atoms with Gasteiger partial charge in [-0.1, -0.05) is 0 Å². The fraction of sp³-hybridized carbons (Fsp3) is 0.700. The van der Waals surface area contributed by atoms with E-state index >= 15 is 0 Å². The molecule has 16 heavy (non-hydrogen) atoms. The Morgan fingerprint density at radius 2 is 2.06 bits per heavy atom. The summed E-state index contributed by atoms with van der Waals surface area (Å²) in [5.41, 5.74) is 1.66. The van der Waals surface area contributed by atoms with Crippen molar-refractivity contribution in [2.75, 3.05) is 6.61 Å². The van der Waals surface area contributed by atoms with Crippen LogP contribution < -0.4 is 0 Å². The van der Waals surface area contributed by atoms with Crippen molar-refractivity contribution in [3.05, 3.63) is 17.5 Å². The van der Waals surface area contributed by atoms with Gasteiger partial charge in [0.05, 0.1) is 12.3 Å². The van der Waals surface area contributed by atoms with Crippen LogP contribution >= 0.6 is 0 Å². The van der Waals surface area contributed by atoms with E-state index in [1.165, 1.54) is 4.68 Å². The zero-order valence-electron chi connectivity index (χ0n) is 9.24. The van der Waals surface area contributed by atoms with Crippen molar-refractivity contribution in [2.24, 2.45) is 0 Å². The Bertz CT molecular complexity index is 379. The van der Waals surface area contributed by atoms with Crippen LogP contribution in [-0.4, -0.2) is 50.0 Å². The molecule has 1 fully saturated rings. The molecule has 0 aliphatic carbocycles. The number of nitrogens with zero attached hydrogens (tertiary/aromatic N) is 2. The lowest BCUT2D eigenvalue weighted by molar-refractivity contribution is -0.0596. The molecule has 2 rings (SSSR count). The molecule has 90 valence electrons. The molecule has 0 saturated carbocycles. The van der Waals surface area contributed by atoms with Crippen molar-refractivity contribution in [1.82, 2.24) is 9.78 Å². The zero-order chi connectivity index (χ0) is 11.9. The lowest BCUT2D eigenvalue weighted by Crippen LogP contribution is -2.33. The molecule has 0 bridgehead atoms. The fourth-order valence-corrected chi connectivity index (χ4v) is 1.99. The molecule has 4 atom stereocenters. The number of hydrogen-bond acceptors (Lipinski definition) is 5. The standard InChI is InChI=1S/C10H16N2O4/c1-5-3-6(2)12(11-5)10-9(15)8(14)7(4-13)16-10/h3,7-10,13-15H,4H2,1-2H3/t7-,8-,9+,10+/m1/s1. The average Bonchev–Trinajstić information content (AvgIpc) is 2.70. The largest absolute Gasteiger partial charge is 0.394 e. The number of aromatic nitrogens is 2. The first-order valence-electron chi connectivity index (χ1n) is 5.20. The van der Waals surface area contributed by atoms with Crippen LogP contribution in [0.25, 0.3) is 0 Å². The highest BCUT2D eigenvalue weighted by Gasteiger charge is 2.44. The highest BCUT2D eigenvalue weighted by Crippen LogP contribution is 2.29. The third-order valence-electron chi connectivity index (χ3n) is 2.80. The van der Waals surface area contributed by atoms with E-state index in [9.17, 15) is 10.2 Å². The van der Waals surface area contributed by atoms with Crippen LogP contribution in [0, 0.1) is 13.8 Å². The molecular formula is C10H16N2O4. The molecule has 0 radical (unpaired) electrons. The van der Waals surface area contributed by atoms with Crippen LogP contribution in [0.4, 0.5) is 0 Å². The molecule has 1 aliphatic heterocycles. The van der Waals surface area contributed by atoms with Crippen LogP contribution in [0.1, 0.15) is 17.6 Å². The molecule has 1 aromatic heterocycles. The summed E-state index contributed by atoms with van der Waals surface area (Å²) >= 11 is 0. The lowest BCUT2D eigenvalue weighted by atomic mass is 10.1. The number of aliphatic hydroxyl groups is 3. The predicted molar refractivity (Wildman–Crippen MR) is 54.7 cm³/mol. The third kappa shape index (κ3) is 1.73. The summed E-state index contributed by atoms with van der Waals surface area (Å²) in [6.45, 7) is 3.35. The van der Waals surface area contributed by atoms with Gasteiger partial charge in [-0.05, 0) is 19.9 Å². The Labute approximate surface area is 93.1 Å². The maximum atomic E-state index is 9.80. The van der Waals surface area contributed by atoms with Gasteiger partial charge in [-0.15, -0.1) is 0 Å². The van der Waals surface area contributed by atoms with E-state index in [1.54, 1.807) is 0 Å². The van der Waals surface area contributed by atoms with Crippen molar-refractivity contribution in [3.8, 4) is 0 Å². The van der Waals surface area contributed by atoms with Crippen molar-refractivity contribution >= 4 is 0 Å². The SMILES string of the molecule is Cc1cc(C)n([C@H]2O[C@H](CO)[C@@H](O)[C@@H]2O)n1. The van der Waals surface area contributed by atoms with Gasteiger partial charge >= 0.3 is 0 Å². The second-order valence-corrected chi connectivity index (χ2v) is 4.10. The van der Waals surface area contributed by atoms with Crippen molar-refractivity contribution < 1.29 is 20.1 Å². The van der Waals surface area contributed by atoms with Gasteiger partial charge in [-0.3, -0.25) is 0 Å². The van der Waals surface area contributed by atoms with Gasteiger partial charge in [0, 0.05) is 5.69 Å². The van der Waals surface area contributed by atoms with Gasteiger partial charge in [0.1, 0.15) is 18.3 Å². The molecule has 0 aromatic carbocycles. The number of rotatable bonds is 2. The topological polar surface area (TPSA) is 87.7 Å². The summed E-state index contributed by atoms with van der Waals surface area (Å²) in [5.74, 6) is 0. The number of aryl methyl sites for hydroxylation is 2. The van der Waals surface area contributed by atoms with Gasteiger partial charge in [0.25, 0.3) is 0 Å². The molecule has 1 aromatic rings. The van der Waals surface area contributed by atoms with Crippen LogP contribution in [0.2, 0.25) is 0 Å². The van der Waals surface area contributed by atoms with E-state index in [4.69, 9.17) is 9.84 Å². The first kappa shape index (κ1) is 11.5. The Balaban J connectivity index is 2.26. The molecular weight excluding hydrogens is 212 g/mol. The van der Waals surface area contributed by atoms with Crippen LogP contribution in [0.3, 0.4) is 0 Å². The molecule has 0 amide bonds. The van der Waals surface area contributed by atoms with E-state index in [0.717, 1.165) is 11.4 Å². The highest BCUT2D eigenvalue weighted by atomic mass is 16.6. The Kier molecular flexibility index (Phi) is 2.98. The first-order valence-corrected chi connectivity index (χ1v) is 5.20. The lowest BCUT2D eigenvalue weighted by Gasteiger charge is -2.16. The number of aliphatic hydroxyl groups excluding tert-OH is 3. The normalized spacial score (nSPS) is 34.6. The van der Waals surface area contributed by atoms with Gasteiger partial charge in [0.15, 0.2) is 6.23 Å². The maximum Gasteiger partial charge on any atom is 0.179 e. The minimum Gasteiger partial charge on any atom is -0.394 e. The van der Waals surface area contributed by atoms with Crippen molar-refractivity contribution in [1.29, 1.82) is 0 Å². The summed E-state index contributed by atoms with van der Waals surface area (Å²) in [6, 6.07) is 1.86. The Morgan fingerprint density at radius 1 is 1.38 bits per heavy atom. The fourth-order valence-electron chi connectivity index (χ4n) is 1.99. The monoisotopic (exact) mass is 228 g/mol. The summed E-state index contributed by atoms with van der Waals surface area (Å²) in [5, 5.41) is 32.6. The van der Waals surface area contributed by atoms with Crippen LogP contribution in [-0.2, 0) is 4.74 Å². The molecule has 3 N–H and O–H groups in total. The zero-order valence-corrected chi connectivity index (χ0v) is 9.24. The maximum absolute atomic E-state index is 9.80. The molecule has 0 spiro atoms. The minimum atomic E-state index is -1.08. The molecule has 0 unspecified atom stereocenters. The third-order valence-corrected chi connectivity index (χ3v) is 2.80. The summed E-state index contributed by atoms with van der Waals surface area (Å²) < 4.78 is 6.89. The average molecular weight is 228 g/mol. The van der Waals surface area contributed by atoms with Gasteiger partial charge in [-0.2, -0.15) is 5.10 Å². The second kappa shape index (κ2) is 4.14. The molecule has 1 saturated heterocycles. The smallest absolute Gasteiger partial charge is 0.179 e. The second-order valence-electron chi connectivity index (χ2n) is 4.10. The molecule has 6 nitrogen and oxygen atoms in total. The quantitative estimate of drug-likeness (QED) is 0.611. The van der Waals surface area contributed by atoms with Crippen molar-refractivity contribution in [3.63, 3.8) is 0 Å². The van der Waals surface area contributed by atoms with E-state index in [0.29, 0.717) is 0 Å². The summed E-state index contributed by atoms with van der Waals surface area (Å²) in [4.78, 5) is 0. The molecule has 2 heterocycles. The van der Waals surface area contributed by atoms with Crippen molar-refractivity contribution in [2.45, 2.75) is 38.4 Å². The summed E-state index contributed by atoms with van der Waals surface area (Å²) in [7, 11) is 0. The Hall–Kier alpha value is -0.950. The Morgan fingerprint density at radius 3 is 2.50 bits per heavy atom.